The molecule has 1 N–H and O–H groups in total. The molecule has 0 saturated heterocycles. The van der Waals surface area contributed by atoms with Crippen LogP contribution < -0.4 is 10.1 Å². The summed E-state index contributed by atoms with van der Waals surface area (Å²) in [4.78, 5) is 20.1. The van der Waals surface area contributed by atoms with Crippen molar-refractivity contribution in [3.63, 3.8) is 0 Å². The zero-order chi connectivity index (χ0) is 19.4. The highest BCUT2D eigenvalue weighted by Gasteiger charge is 2.30. The summed E-state index contributed by atoms with van der Waals surface area (Å²) in [6.45, 7) is 0. The molecule has 9 heteroatoms. The maximum atomic E-state index is 12.6. The lowest BCUT2D eigenvalue weighted by Gasteiger charge is -2.11. The third-order valence-electron chi connectivity index (χ3n) is 3.38. The SMILES string of the molecule is O=C(Nc1ccc(C(F)(F)F)cn1)c1cccnc1Oc1ccc(Cl)cc1. The fourth-order valence-corrected chi connectivity index (χ4v) is 2.20. The van der Waals surface area contributed by atoms with Crippen LogP contribution in [0.3, 0.4) is 0 Å². The van der Waals surface area contributed by atoms with Crippen LogP contribution in [0.5, 0.6) is 11.6 Å². The van der Waals surface area contributed by atoms with Crippen molar-refractivity contribution in [1.29, 1.82) is 0 Å². The molecular formula is C18H11ClF3N3O2. The molecule has 138 valence electrons. The second-order valence-corrected chi connectivity index (χ2v) is 5.73. The van der Waals surface area contributed by atoms with Crippen molar-refractivity contribution in [2.45, 2.75) is 6.18 Å². The van der Waals surface area contributed by atoms with Crippen LogP contribution in [0, 0.1) is 0 Å². The number of nitrogens with zero attached hydrogens (tertiary/aromatic N) is 2. The standard InChI is InChI=1S/C18H11ClF3N3O2/c19-12-4-6-13(7-5-12)27-17-14(2-1-9-23-17)16(26)25-15-8-3-11(10-24-15)18(20,21)22/h1-10H,(H,24,25,26). The first-order chi connectivity index (χ1) is 12.8. The van der Waals surface area contributed by atoms with E-state index in [0.717, 1.165) is 12.1 Å². The summed E-state index contributed by atoms with van der Waals surface area (Å²) in [5.74, 6) is -0.211. The van der Waals surface area contributed by atoms with Crippen LogP contribution in [-0.2, 0) is 6.18 Å². The third kappa shape index (κ3) is 4.73. The van der Waals surface area contributed by atoms with Gasteiger partial charge in [0.2, 0.25) is 5.88 Å². The van der Waals surface area contributed by atoms with E-state index in [4.69, 9.17) is 16.3 Å². The minimum absolute atomic E-state index is 0.0317. The number of carbonyl (C=O) groups is 1. The van der Waals surface area contributed by atoms with Gasteiger partial charge < -0.3 is 10.1 Å². The highest BCUT2D eigenvalue weighted by atomic mass is 35.5. The molecule has 1 amide bonds. The van der Waals surface area contributed by atoms with Crippen LogP contribution in [-0.4, -0.2) is 15.9 Å². The number of aromatic nitrogens is 2. The summed E-state index contributed by atoms with van der Waals surface area (Å²) in [6, 6.07) is 11.3. The molecule has 1 aromatic carbocycles. The average molecular weight is 394 g/mol. The zero-order valence-corrected chi connectivity index (χ0v) is 14.3. The molecule has 0 aliphatic rings. The van der Waals surface area contributed by atoms with Crippen LogP contribution in [0.4, 0.5) is 19.0 Å². The van der Waals surface area contributed by atoms with Gasteiger partial charge in [0.05, 0.1) is 5.56 Å². The van der Waals surface area contributed by atoms with Crippen LogP contribution in [0.15, 0.2) is 60.9 Å². The molecule has 0 radical (unpaired) electrons. The third-order valence-corrected chi connectivity index (χ3v) is 3.63. The molecule has 0 bridgehead atoms. The van der Waals surface area contributed by atoms with Crippen LogP contribution in [0.2, 0.25) is 5.02 Å². The van der Waals surface area contributed by atoms with Gasteiger partial charge in [-0.25, -0.2) is 9.97 Å². The lowest BCUT2D eigenvalue weighted by molar-refractivity contribution is -0.137. The Balaban J connectivity index is 1.78. The Morgan fingerprint density at radius 1 is 1.04 bits per heavy atom. The van der Waals surface area contributed by atoms with E-state index in [2.05, 4.69) is 15.3 Å². The van der Waals surface area contributed by atoms with Crippen LogP contribution in [0.25, 0.3) is 0 Å². The molecule has 0 saturated carbocycles. The highest BCUT2D eigenvalue weighted by molar-refractivity contribution is 6.30. The fraction of sp³-hybridized carbons (Fsp3) is 0.0556. The van der Waals surface area contributed by atoms with E-state index in [9.17, 15) is 18.0 Å². The second kappa shape index (κ2) is 7.63. The van der Waals surface area contributed by atoms with Gasteiger partial charge in [-0.3, -0.25) is 4.79 Å². The number of pyridine rings is 2. The molecule has 0 spiro atoms. The quantitative estimate of drug-likeness (QED) is 0.662. The van der Waals surface area contributed by atoms with Crippen molar-refractivity contribution >= 4 is 23.3 Å². The van der Waals surface area contributed by atoms with Gasteiger partial charge in [-0.1, -0.05) is 11.6 Å². The van der Waals surface area contributed by atoms with Crippen molar-refractivity contribution in [3.05, 3.63) is 77.1 Å². The molecule has 5 nitrogen and oxygen atoms in total. The van der Waals surface area contributed by atoms with Crippen molar-refractivity contribution in [1.82, 2.24) is 9.97 Å². The first kappa shape index (κ1) is 18.7. The number of nitrogens with one attached hydrogen (secondary N) is 1. The summed E-state index contributed by atoms with van der Waals surface area (Å²) in [6.07, 6.45) is -2.42. The van der Waals surface area contributed by atoms with Crippen molar-refractivity contribution < 1.29 is 22.7 Å². The summed E-state index contributed by atoms with van der Waals surface area (Å²) in [5.41, 5.74) is -0.817. The monoisotopic (exact) mass is 393 g/mol. The Bertz CT molecular complexity index is 945. The van der Waals surface area contributed by atoms with Gasteiger partial charge in [-0.05, 0) is 48.5 Å². The van der Waals surface area contributed by atoms with Gasteiger partial charge in [0, 0.05) is 17.4 Å². The smallest absolute Gasteiger partial charge is 0.417 e. The number of anilines is 1. The number of benzene rings is 1. The van der Waals surface area contributed by atoms with Crippen molar-refractivity contribution in [2.75, 3.05) is 5.32 Å². The molecule has 0 atom stereocenters. The highest BCUT2D eigenvalue weighted by Crippen LogP contribution is 2.29. The van der Waals surface area contributed by atoms with Crippen LogP contribution >= 0.6 is 11.6 Å². The van der Waals surface area contributed by atoms with E-state index in [1.54, 1.807) is 24.3 Å². The summed E-state index contributed by atoms with van der Waals surface area (Å²) >= 11 is 5.81. The Labute approximate surface area is 156 Å². The predicted molar refractivity (Wildman–Crippen MR) is 93.0 cm³/mol. The van der Waals surface area contributed by atoms with Gasteiger partial charge in [-0.15, -0.1) is 0 Å². The minimum Gasteiger partial charge on any atom is -0.438 e. The van der Waals surface area contributed by atoms with Gasteiger partial charge in [-0.2, -0.15) is 13.2 Å². The molecule has 27 heavy (non-hydrogen) atoms. The van der Waals surface area contributed by atoms with E-state index < -0.39 is 17.6 Å². The van der Waals surface area contributed by atoms with Gasteiger partial charge in [0.1, 0.15) is 17.1 Å². The fourth-order valence-electron chi connectivity index (χ4n) is 2.08. The predicted octanol–water partition coefficient (Wildman–Crippen LogP) is 5.19. The average Bonchev–Trinajstić information content (AvgIpc) is 2.64. The largest absolute Gasteiger partial charge is 0.438 e. The number of ether oxygens (including phenoxy) is 1. The number of hydrogen-bond donors (Lipinski definition) is 1. The number of hydrogen-bond acceptors (Lipinski definition) is 4. The minimum atomic E-state index is -4.50. The maximum absolute atomic E-state index is 12.6. The number of carbonyl (C=O) groups excluding carboxylic acids is 1. The summed E-state index contributed by atoms with van der Waals surface area (Å²) in [5, 5.41) is 2.94. The number of halogens is 4. The first-order valence-electron chi connectivity index (χ1n) is 7.56. The Kier molecular flexibility index (Phi) is 5.27. The molecular weight excluding hydrogens is 383 g/mol. The number of rotatable bonds is 4. The summed E-state index contributed by atoms with van der Waals surface area (Å²) in [7, 11) is 0. The van der Waals surface area contributed by atoms with Crippen molar-refractivity contribution in [2.24, 2.45) is 0 Å². The van der Waals surface area contributed by atoms with Gasteiger partial charge in [0.25, 0.3) is 5.91 Å². The van der Waals surface area contributed by atoms with E-state index in [0.29, 0.717) is 17.0 Å². The molecule has 2 heterocycles. The maximum Gasteiger partial charge on any atom is 0.417 e. The zero-order valence-electron chi connectivity index (χ0n) is 13.5. The Hall–Kier alpha value is -3.13. The van der Waals surface area contributed by atoms with Crippen molar-refractivity contribution in [3.8, 4) is 11.6 Å². The van der Waals surface area contributed by atoms with Gasteiger partial charge >= 0.3 is 6.18 Å². The van der Waals surface area contributed by atoms with E-state index >= 15 is 0 Å². The summed E-state index contributed by atoms with van der Waals surface area (Å²) < 4.78 is 43.3. The molecule has 0 unspecified atom stereocenters. The molecule has 3 rings (SSSR count). The second-order valence-electron chi connectivity index (χ2n) is 5.30. The van der Waals surface area contributed by atoms with Gasteiger partial charge in [0.15, 0.2) is 0 Å². The van der Waals surface area contributed by atoms with E-state index in [-0.39, 0.29) is 17.3 Å². The molecule has 3 aromatic rings. The lowest BCUT2D eigenvalue weighted by Crippen LogP contribution is -2.15. The Morgan fingerprint density at radius 3 is 2.41 bits per heavy atom. The normalized spacial score (nSPS) is 11.1. The molecule has 0 aliphatic heterocycles. The number of amides is 1. The van der Waals surface area contributed by atoms with E-state index in [1.165, 1.54) is 18.3 Å². The van der Waals surface area contributed by atoms with Crippen LogP contribution in [0.1, 0.15) is 15.9 Å². The molecule has 0 aliphatic carbocycles. The topological polar surface area (TPSA) is 64.1 Å². The Morgan fingerprint density at radius 2 is 1.78 bits per heavy atom. The van der Waals surface area contributed by atoms with E-state index in [1.807, 2.05) is 0 Å². The number of alkyl halides is 3. The molecule has 0 fully saturated rings. The molecule has 2 aromatic heterocycles. The lowest BCUT2D eigenvalue weighted by atomic mass is 10.2. The first-order valence-corrected chi connectivity index (χ1v) is 7.94.